The van der Waals surface area contributed by atoms with Crippen molar-refractivity contribution in [2.75, 3.05) is 0 Å². The second-order valence-electron chi connectivity index (χ2n) is 8.67. The number of aliphatic hydroxyl groups is 1. The summed E-state index contributed by atoms with van der Waals surface area (Å²) < 4.78 is 11.4. The Kier molecular flexibility index (Phi) is 3.94. The molecule has 0 saturated carbocycles. The molecule has 1 heterocycles. The summed E-state index contributed by atoms with van der Waals surface area (Å²) in [5.74, 6) is -2.64. The summed E-state index contributed by atoms with van der Waals surface area (Å²) in [6, 6.07) is 2.80. The summed E-state index contributed by atoms with van der Waals surface area (Å²) in [5, 5.41) is 24.5. The van der Waals surface area contributed by atoms with Gasteiger partial charge in [0.15, 0.2) is 17.7 Å². The van der Waals surface area contributed by atoms with E-state index in [-0.39, 0.29) is 39.2 Å². The van der Waals surface area contributed by atoms with Gasteiger partial charge in [-0.25, -0.2) is 0 Å². The van der Waals surface area contributed by atoms with Crippen LogP contribution in [-0.2, 0) is 14.3 Å². The number of carbonyl (C=O) groups is 3. The van der Waals surface area contributed by atoms with E-state index in [1.54, 1.807) is 20.8 Å². The van der Waals surface area contributed by atoms with Crippen molar-refractivity contribution in [1.29, 1.82) is 0 Å². The minimum atomic E-state index is -1.34. The highest BCUT2D eigenvalue weighted by molar-refractivity contribution is 6.31. The first kappa shape index (κ1) is 19.8. The fourth-order valence-corrected chi connectivity index (χ4v) is 4.89. The highest BCUT2D eigenvalue weighted by Gasteiger charge is 2.70. The number of carbonyl (C=O) groups excluding carboxylic acids is 3. The molecule has 0 radical (unpaired) electrons. The number of Topliss-reactive ketones (excluding diaryl/α,β-unsaturated/α-hetero) is 2. The van der Waals surface area contributed by atoms with Crippen molar-refractivity contribution in [3.8, 4) is 5.75 Å². The number of ketones is 2. The SMILES string of the molecule is CC(C)C(=O)OC1C2=C(C3=C(C(=O)c4c(O)cccc4C3=O)C2N=[N-])C(O)C2OC12C. The summed E-state index contributed by atoms with van der Waals surface area (Å²) >= 11 is 0. The number of aliphatic hydroxyl groups excluding tert-OH is 1. The number of hydrogen-bond donors (Lipinski definition) is 2. The van der Waals surface area contributed by atoms with E-state index in [1.165, 1.54) is 18.2 Å². The van der Waals surface area contributed by atoms with Crippen LogP contribution >= 0.6 is 0 Å². The second-order valence-corrected chi connectivity index (χ2v) is 8.67. The summed E-state index contributed by atoms with van der Waals surface area (Å²) in [6.45, 7) is 4.96. The Morgan fingerprint density at radius 3 is 2.61 bits per heavy atom. The number of nitrogens with zero attached hydrogens (tertiary/aromatic N) is 2. The van der Waals surface area contributed by atoms with E-state index in [1.807, 2.05) is 0 Å². The Morgan fingerprint density at radius 2 is 1.97 bits per heavy atom. The summed E-state index contributed by atoms with van der Waals surface area (Å²) in [6.07, 6.45) is -3.09. The van der Waals surface area contributed by atoms with Crippen molar-refractivity contribution in [3.05, 3.63) is 57.1 Å². The number of phenolic OH excluding ortho intramolecular Hbond substituents is 1. The van der Waals surface area contributed by atoms with Crippen LogP contribution < -0.4 is 0 Å². The van der Waals surface area contributed by atoms with Gasteiger partial charge >= 0.3 is 5.97 Å². The van der Waals surface area contributed by atoms with Gasteiger partial charge < -0.3 is 30.3 Å². The standard InChI is InChI=1S/C22H19N2O7/c1-7(2)21(29)30-19-14-12(18(28)20-22(19,3)31-20)11-13(15(14)24-23)17(27)10-8(16(11)26)5-4-6-9(10)25/h4-7,15,18-20,25,28H,1-3H3/q-1. The molecule has 0 bridgehead atoms. The zero-order valence-electron chi connectivity index (χ0n) is 16.9. The molecule has 9 heteroatoms. The van der Waals surface area contributed by atoms with Crippen LogP contribution in [0.4, 0.5) is 0 Å². The Morgan fingerprint density at radius 1 is 1.26 bits per heavy atom. The fraction of sp³-hybridized carbons (Fsp3) is 0.409. The third-order valence-corrected chi connectivity index (χ3v) is 6.50. The zero-order valence-corrected chi connectivity index (χ0v) is 16.9. The summed E-state index contributed by atoms with van der Waals surface area (Å²) in [4.78, 5) is 39.1. The Bertz CT molecular complexity index is 1160. The Balaban J connectivity index is 1.71. The Hall–Kier alpha value is -3.17. The van der Waals surface area contributed by atoms with Crippen molar-refractivity contribution >= 4 is 17.5 Å². The largest absolute Gasteiger partial charge is 0.711 e. The number of ether oxygens (including phenoxy) is 2. The van der Waals surface area contributed by atoms with E-state index >= 15 is 0 Å². The average molecular weight is 423 g/mol. The van der Waals surface area contributed by atoms with Gasteiger partial charge in [0.25, 0.3) is 0 Å². The number of epoxide rings is 1. The van der Waals surface area contributed by atoms with Crippen molar-refractivity contribution in [2.45, 2.75) is 50.7 Å². The van der Waals surface area contributed by atoms with Crippen LogP contribution in [0.3, 0.4) is 0 Å². The van der Waals surface area contributed by atoms with Crippen LogP contribution in [0.1, 0.15) is 41.5 Å². The Labute approximate surface area is 176 Å². The lowest BCUT2D eigenvalue weighted by Crippen LogP contribution is -2.46. The molecule has 3 aliphatic carbocycles. The molecular formula is C22H19N2O7-. The first-order valence-corrected chi connectivity index (χ1v) is 9.93. The molecule has 1 fully saturated rings. The van der Waals surface area contributed by atoms with E-state index in [9.17, 15) is 30.1 Å². The lowest BCUT2D eigenvalue weighted by Gasteiger charge is -2.33. The molecule has 9 nitrogen and oxygen atoms in total. The normalized spacial score (nSPS) is 33.1. The highest BCUT2D eigenvalue weighted by Crippen LogP contribution is 2.58. The van der Waals surface area contributed by atoms with Gasteiger partial charge in [0.2, 0.25) is 0 Å². The molecule has 1 aromatic carbocycles. The first-order chi connectivity index (χ1) is 14.6. The fourth-order valence-electron chi connectivity index (χ4n) is 4.89. The molecule has 5 atom stereocenters. The molecule has 1 saturated heterocycles. The van der Waals surface area contributed by atoms with Gasteiger partial charge in [-0.3, -0.25) is 14.4 Å². The third-order valence-electron chi connectivity index (χ3n) is 6.50. The third kappa shape index (κ3) is 2.35. The van der Waals surface area contributed by atoms with Gasteiger partial charge in [-0.15, -0.1) is 0 Å². The highest BCUT2D eigenvalue weighted by atomic mass is 16.7. The molecule has 0 aromatic heterocycles. The van der Waals surface area contributed by atoms with Crippen LogP contribution in [0.5, 0.6) is 5.75 Å². The van der Waals surface area contributed by atoms with Gasteiger partial charge in [0, 0.05) is 27.9 Å². The second kappa shape index (κ2) is 6.18. The molecule has 0 spiro atoms. The van der Waals surface area contributed by atoms with Crippen molar-refractivity contribution in [3.63, 3.8) is 0 Å². The van der Waals surface area contributed by atoms with Crippen LogP contribution in [0.2, 0.25) is 0 Å². The first-order valence-electron chi connectivity index (χ1n) is 9.93. The molecule has 1 aliphatic heterocycles. The van der Waals surface area contributed by atoms with E-state index in [0.29, 0.717) is 0 Å². The maximum absolute atomic E-state index is 13.4. The quantitative estimate of drug-likeness (QED) is 0.428. The molecule has 4 aliphatic rings. The van der Waals surface area contributed by atoms with Gasteiger partial charge in [-0.2, -0.15) is 0 Å². The number of phenols is 1. The molecule has 31 heavy (non-hydrogen) atoms. The maximum Gasteiger partial charge on any atom is 0.309 e. The van der Waals surface area contributed by atoms with Crippen molar-refractivity contribution in [1.82, 2.24) is 0 Å². The van der Waals surface area contributed by atoms with Crippen molar-refractivity contribution < 1.29 is 34.1 Å². The van der Waals surface area contributed by atoms with Crippen LogP contribution in [-0.4, -0.2) is 57.7 Å². The maximum atomic E-state index is 13.4. The van der Waals surface area contributed by atoms with E-state index in [4.69, 9.17) is 9.47 Å². The minimum absolute atomic E-state index is 0.0119. The molecule has 0 amide bonds. The number of benzene rings is 1. The molecule has 1 aromatic rings. The van der Waals surface area contributed by atoms with Crippen molar-refractivity contribution in [2.24, 2.45) is 11.0 Å². The topological polar surface area (TPSA) is 148 Å². The predicted octanol–water partition coefficient (Wildman–Crippen LogP) is 1.87. The monoisotopic (exact) mass is 423 g/mol. The summed E-state index contributed by atoms with van der Waals surface area (Å²) in [5.41, 5.74) is 8.59. The summed E-state index contributed by atoms with van der Waals surface area (Å²) in [7, 11) is 0. The number of fused-ring (bicyclic) bond motifs is 3. The molecule has 160 valence electrons. The minimum Gasteiger partial charge on any atom is -0.711 e. The smallest absolute Gasteiger partial charge is 0.309 e. The molecule has 5 rings (SSSR count). The lowest BCUT2D eigenvalue weighted by molar-refractivity contribution is -0.154. The zero-order chi connectivity index (χ0) is 22.4. The number of hydrogen-bond acceptors (Lipinski definition) is 8. The average Bonchev–Trinajstić information content (AvgIpc) is 3.30. The van der Waals surface area contributed by atoms with E-state index in [2.05, 4.69) is 5.11 Å². The van der Waals surface area contributed by atoms with Crippen LogP contribution in [0, 0.1) is 5.92 Å². The molecule has 2 N–H and O–H groups in total. The van der Waals surface area contributed by atoms with Gasteiger partial charge in [0.1, 0.15) is 23.6 Å². The van der Waals surface area contributed by atoms with Crippen LogP contribution in [0.15, 0.2) is 45.6 Å². The van der Waals surface area contributed by atoms with E-state index in [0.717, 1.165) is 0 Å². The van der Waals surface area contributed by atoms with Crippen LogP contribution in [0.25, 0.3) is 5.53 Å². The number of aromatic hydroxyl groups is 1. The van der Waals surface area contributed by atoms with Gasteiger partial charge in [-0.05, 0) is 13.0 Å². The molecular weight excluding hydrogens is 404 g/mol. The lowest BCUT2D eigenvalue weighted by atomic mass is 9.77. The predicted molar refractivity (Wildman–Crippen MR) is 104 cm³/mol. The van der Waals surface area contributed by atoms with Gasteiger partial charge in [0.05, 0.1) is 17.5 Å². The van der Waals surface area contributed by atoms with Gasteiger partial charge in [-0.1, -0.05) is 26.0 Å². The number of rotatable bonds is 3. The van der Waals surface area contributed by atoms with E-state index < -0.39 is 53.4 Å². The number of esters is 1. The molecule has 5 unspecified atom stereocenters.